The molecule has 3 rings (SSSR count). The number of anilines is 1. The first-order valence-electron chi connectivity index (χ1n) is 8.08. The Hall–Kier alpha value is -1.99. The van der Waals surface area contributed by atoms with Crippen LogP contribution in [-0.4, -0.2) is 36.1 Å². The minimum Gasteiger partial charge on any atom is -0.496 e. The highest BCUT2D eigenvalue weighted by atomic mass is 79.9. The molecule has 0 spiro atoms. The number of ether oxygens (including phenoxy) is 1. The lowest BCUT2D eigenvalue weighted by atomic mass is 10.1. The van der Waals surface area contributed by atoms with E-state index in [-0.39, 0.29) is 17.1 Å². The zero-order valence-electron chi connectivity index (χ0n) is 14.7. The van der Waals surface area contributed by atoms with Crippen LogP contribution in [0.4, 0.5) is 5.69 Å². The van der Waals surface area contributed by atoms with Gasteiger partial charge in [0, 0.05) is 34.1 Å². The van der Waals surface area contributed by atoms with Crippen LogP contribution in [0, 0.1) is 0 Å². The Labute approximate surface area is 165 Å². The molecule has 2 aromatic rings. The van der Waals surface area contributed by atoms with Gasteiger partial charge in [0.05, 0.1) is 18.0 Å². The molecule has 0 aliphatic carbocycles. The molecule has 0 radical (unpaired) electrons. The maximum Gasteiger partial charge on any atom is 0.253 e. The molecule has 0 bridgehead atoms. The van der Waals surface area contributed by atoms with Gasteiger partial charge in [-0.3, -0.25) is 9.59 Å². The summed E-state index contributed by atoms with van der Waals surface area (Å²) in [7, 11) is 3.36. The maximum absolute atomic E-state index is 12.8. The van der Waals surface area contributed by atoms with Crippen LogP contribution in [0.25, 0.3) is 0 Å². The molecule has 2 aromatic carbocycles. The molecule has 0 unspecified atom stereocenters. The van der Waals surface area contributed by atoms with E-state index in [1.54, 1.807) is 31.2 Å². The van der Waals surface area contributed by atoms with E-state index >= 15 is 0 Å². The number of carbonyl (C=O) groups is 2. The molecule has 1 heterocycles. The molecule has 0 fully saturated rings. The molecule has 1 aliphatic heterocycles. The molecule has 1 atom stereocenters. The van der Waals surface area contributed by atoms with Gasteiger partial charge in [0.15, 0.2) is 0 Å². The van der Waals surface area contributed by atoms with Gasteiger partial charge in [0.25, 0.3) is 5.91 Å². The minimum atomic E-state index is -0.129. The van der Waals surface area contributed by atoms with Gasteiger partial charge in [0.1, 0.15) is 5.75 Å². The zero-order chi connectivity index (χ0) is 18.8. The molecule has 0 saturated carbocycles. The van der Waals surface area contributed by atoms with Crippen LogP contribution in [0.5, 0.6) is 5.75 Å². The smallest absolute Gasteiger partial charge is 0.253 e. The van der Waals surface area contributed by atoms with E-state index in [2.05, 4.69) is 21.2 Å². The van der Waals surface area contributed by atoms with E-state index in [0.29, 0.717) is 17.8 Å². The average Bonchev–Trinajstić information content (AvgIpc) is 2.62. The number of fused-ring (bicyclic) bond motifs is 1. The third kappa shape index (κ3) is 3.88. The number of thioether (sulfide) groups is 1. The van der Waals surface area contributed by atoms with Gasteiger partial charge in [-0.25, -0.2) is 0 Å². The van der Waals surface area contributed by atoms with Crippen LogP contribution < -0.4 is 10.1 Å². The summed E-state index contributed by atoms with van der Waals surface area (Å²) in [5, 5.41) is 2.73. The molecule has 26 heavy (non-hydrogen) atoms. The predicted octanol–water partition coefficient (Wildman–Crippen LogP) is 4.16. The highest BCUT2D eigenvalue weighted by Crippen LogP contribution is 2.36. The summed E-state index contributed by atoms with van der Waals surface area (Å²) in [4.78, 5) is 27.3. The fraction of sp³-hybridized carbons (Fsp3) is 0.263. The lowest BCUT2D eigenvalue weighted by Crippen LogP contribution is -2.28. The van der Waals surface area contributed by atoms with Gasteiger partial charge in [-0.05, 0) is 43.3 Å². The van der Waals surface area contributed by atoms with Crippen molar-refractivity contribution in [2.75, 3.05) is 19.5 Å². The van der Waals surface area contributed by atoms with Crippen molar-refractivity contribution in [1.29, 1.82) is 0 Å². The average molecular weight is 435 g/mol. The number of nitrogens with zero attached hydrogens (tertiary/aromatic N) is 1. The third-order valence-corrected chi connectivity index (χ3v) is 5.82. The lowest BCUT2D eigenvalue weighted by Gasteiger charge is -2.23. The van der Waals surface area contributed by atoms with Gasteiger partial charge in [-0.15, -0.1) is 11.8 Å². The molecule has 136 valence electrons. The fourth-order valence-corrected chi connectivity index (χ4v) is 4.10. The van der Waals surface area contributed by atoms with E-state index < -0.39 is 0 Å². The van der Waals surface area contributed by atoms with Crippen LogP contribution >= 0.6 is 27.7 Å². The second-order valence-corrected chi connectivity index (χ2v) is 8.38. The molecule has 7 heteroatoms. The number of amides is 2. The number of nitrogens with one attached hydrogen (secondary N) is 1. The summed E-state index contributed by atoms with van der Waals surface area (Å²) in [5.41, 5.74) is 2.14. The second kappa shape index (κ2) is 7.72. The highest BCUT2D eigenvalue weighted by Gasteiger charge is 2.24. The third-order valence-electron chi connectivity index (χ3n) is 4.15. The van der Waals surface area contributed by atoms with E-state index in [1.807, 2.05) is 31.2 Å². The van der Waals surface area contributed by atoms with E-state index in [1.165, 1.54) is 11.8 Å². The van der Waals surface area contributed by atoms with Gasteiger partial charge in [0.2, 0.25) is 5.91 Å². The minimum absolute atomic E-state index is 0.0423. The van der Waals surface area contributed by atoms with Gasteiger partial charge >= 0.3 is 0 Å². The number of rotatable bonds is 4. The van der Waals surface area contributed by atoms with E-state index in [0.717, 1.165) is 20.7 Å². The Bertz CT molecular complexity index is 872. The molecule has 0 aromatic heterocycles. The Morgan fingerprint density at radius 1 is 1.31 bits per heavy atom. The molecular weight excluding hydrogens is 416 g/mol. The number of hydrogen-bond donors (Lipinski definition) is 1. The normalized spacial score (nSPS) is 15.8. The number of hydrogen-bond acceptors (Lipinski definition) is 4. The number of carbonyl (C=O) groups excluding carboxylic acids is 2. The summed E-state index contributed by atoms with van der Waals surface area (Å²) in [5.74, 6) is 0.572. The van der Waals surface area contributed by atoms with Crippen molar-refractivity contribution in [1.82, 2.24) is 4.90 Å². The topological polar surface area (TPSA) is 58.6 Å². The predicted molar refractivity (Wildman–Crippen MR) is 107 cm³/mol. The number of halogens is 1. The standard InChI is InChI=1S/C19H19BrN2O3S/c1-11-18(23)21-15-9-12(4-7-17(15)26-11)19(24)22(2)10-13-8-14(20)5-6-16(13)25-3/h4-9,11H,10H2,1-3H3,(H,21,23)/t11-/m1/s1. The molecule has 5 nitrogen and oxygen atoms in total. The van der Waals surface area contributed by atoms with Crippen molar-refractivity contribution in [2.24, 2.45) is 0 Å². The zero-order valence-corrected chi connectivity index (χ0v) is 17.1. The lowest BCUT2D eigenvalue weighted by molar-refractivity contribution is -0.115. The molecule has 1 N–H and O–H groups in total. The quantitative estimate of drug-likeness (QED) is 0.784. The molecular formula is C19H19BrN2O3S. The van der Waals surface area contributed by atoms with E-state index in [4.69, 9.17) is 4.74 Å². The van der Waals surface area contributed by atoms with Crippen LogP contribution in [0.1, 0.15) is 22.8 Å². The van der Waals surface area contributed by atoms with Crippen LogP contribution in [0.2, 0.25) is 0 Å². The molecule has 1 aliphatic rings. The van der Waals surface area contributed by atoms with Crippen LogP contribution in [-0.2, 0) is 11.3 Å². The SMILES string of the molecule is COc1ccc(Br)cc1CN(C)C(=O)c1ccc2c(c1)NC(=O)[C@@H](C)S2. The first-order chi connectivity index (χ1) is 12.4. The summed E-state index contributed by atoms with van der Waals surface area (Å²) in [6.07, 6.45) is 0. The van der Waals surface area contributed by atoms with Crippen molar-refractivity contribution < 1.29 is 14.3 Å². The van der Waals surface area contributed by atoms with Crippen molar-refractivity contribution in [3.05, 3.63) is 52.0 Å². The van der Waals surface area contributed by atoms with Crippen LogP contribution in [0.15, 0.2) is 45.8 Å². The Morgan fingerprint density at radius 3 is 2.81 bits per heavy atom. The van der Waals surface area contributed by atoms with Crippen molar-refractivity contribution >= 4 is 45.2 Å². The molecule has 2 amide bonds. The van der Waals surface area contributed by atoms with E-state index in [9.17, 15) is 9.59 Å². The highest BCUT2D eigenvalue weighted by molar-refractivity contribution is 9.10. The molecule has 0 saturated heterocycles. The van der Waals surface area contributed by atoms with Gasteiger partial charge in [-0.2, -0.15) is 0 Å². The summed E-state index contributed by atoms with van der Waals surface area (Å²) < 4.78 is 6.30. The van der Waals surface area contributed by atoms with Crippen molar-refractivity contribution in [3.63, 3.8) is 0 Å². The maximum atomic E-state index is 12.8. The Morgan fingerprint density at radius 2 is 2.08 bits per heavy atom. The van der Waals surface area contributed by atoms with Gasteiger partial charge in [-0.1, -0.05) is 15.9 Å². The van der Waals surface area contributed by atoms with Crippen molar-refractivity contribution in [2.45, 2.75) is 23.6 Å². The monoisotopic (exact) mass is 434 g/mol. The summed E-state index contributed by atoms with van der Waals surface area (Å²) in [6, 6.07) is 11.1. The summed E-state index contributed by atoms with van der Waals surface area (Å²) in [6.45, 7) is 2.28. The largest absolute Gasteiger partial charge is 0.496 e. The van der Waals surface area contributed by atoms with Crippen molar-refractivity contribution in [3.8, 4) is 5.75 Å². The Kier molecular flexibility index (Phi) is 5.58. The fourth-order valence-electron chi connectivity index (χ4n) is 2.76. The summed E-state index contributed by atoms with van der Waals surface area (Å²) >= 11 is 4.95. The number of benzene rings is 2. The number of methoxy groups -OCH3 is 1. The first kappa shape index (κ1) is 18.8. The van der Waals surface area contributed by atoms with Crippen LogP contribution in [0.3, 0.4) is 0 Å². The Balaban J connectivity index is 1.80. The first-order valence-corrected chi connectivity index (χ1v) is 9.75. The second-order valence-electron chi connectivity index (χ2n) is 6.08. The van der Waals surface area contributed by atoms with Gasteiger partial charge < -0.3 is 15.0 Å².